The fourth-order valence-electron chi connectivity index (χ4n) is 5.07. The second-order valence-electron chi connectivity index (χ2n) is 11.1. The van der Waals surface area contributed by atoms with Crippen LogP contribution in [0.25, 0.3) is 0 Å². The van der Waals surface area contributed by atoms with Crippen LogP contribution in [0.4, 0.5) is 0 Å². The van der Waals surface area contributed by atoms with E-state index in [1.807, 2.05) is 0 Å². The molecule has 17 atom stereocenters. The highest BCUT2D eigenvalue weighted by Gasteiger charge is 2.52. The number of hydrogen-bond acceptors (Lipinski definition) is 20. The molecule has 0 radical (unpaired) electrons. The van der Waals surface area contributed by atoms with Crippen molar-refractivity contribution in [1.82, 2.24) is 5.32 Å². The smallest absolute Gasteiger partial charge is 0.249 e. The van der Waals surface area contributed by atoms with Crippen LogP contribution in [0.5, 0.6) is 0 Å². The Hall–Kier alpha value is -1.39. The molecule has 2 saturated heterocycles. The van der Waals surface area contributed by atoms with Crippen LogP contribution in [0.2, 0.25) is 0 Å². The highest BCUT2D eigenvalue weighted by molar-refractivity contribution is 7.95. The minimum atomic E-state index is -2.51. The molecule has 21 nitrogen and oxygen atoms in total. The van der Waals surface area contributed by atoms with Crippen LogP contribution < -0.4 is 28.3 Å². The number of nitrogens with two attached hydrogens (primary N) is 4. The van der Waals surface area contributed by atoms with E-state index in [1.165, 1.54) is 0 Å². The van der Waals surface area contributed by atoms with Crippen molar-refractivity contribution in [1.29, 1.82) is 0 Å². The van der Waals surface area contributed by atoms with E-state index >= 15 is 0 Å². The summed E-state index contributed by atoms with van der Waals surface area (Å²) in [7, 11) is 0. The SMILES string of the molecule is CC(=O)S(=O)[O-].NCC[C@H](O)C(=O)N[C@@H]1C[C@H](N)[C@@H](O[C@H]2O[C@H](CN)[C@@H](O)[C@H](O)[C@H]2O)[C@H](O)[C@H]1O[C@H]1O[C@H](CO)[C@@H](O)[C@H](N)[C@H]1O. The van der Waals surface area contributed by atoms with Crippen LogP contribution in [0, 0.1) is 0 Å². The van der Waals surface area contributed by atoms with E-state index < -0.39 is 127 Å². The van der Waals surface area contributed by atoms with E-state index in [4.69, 9.17) is 41.9 Å². The Morgan fingerprint density at radius 2 is 1.46 bits per heavy atom. The van der Waals surface area contributed by atoms with Crippen molar-refractivity contribution in [2.75, 3.05) is 19.7 Å². The van der Waals surface area contributed by atoms with Crippen LogP contribution >= 0.6 is 0 Å². The average molecular weight is 693 g/mol. The lowest BCUT2D eigenvalue weighted by atomic mass is 9.83. The number of aliphatic hydroxyl groups is 8. The molecule has 46 heavy (non-hydrogen) atoms. The summed E-state index contributed by atoms with van der Waals surface area (Å²) < 4.78 is 41.2. The minimum Gasteiger partial charge on any atom is -0.766 e. The molecule has 0 bridgehead atoms. The van der Waals surface area contributed by atoms with E-state index in [0.717, 1.165) is 6.92 Å². The van der Waals surface area contributed by atoms with Gasteiger partial charge in [-0.25, -0.2) is 0 Å². The molecule has 3 rings (SSSR count). The Labute approximate surface area is 266 Å². The van der Waals surface area contributed by atoms with Gasteiger partial charge >= 0.3 is 0 Å². The van der Waals surface area contributed by atoms with Gasteiger partial charge in [0.05, 0.1) is 18.7 Å². The minimum absolute atomic E-state index is 0.0101. The highest BCUT2D eigenvalue weighted by Crippen LogP contribution is 2.32. The predicted molar refractivity (Wildman–Crippen MR) is 151 cm³/mol. The third kappa shape index (κ3) is 10.1. The fraction of sp³-hybridized carbons (Fsp3) is 0.917. The fourth-order valence-corrected chi connectivity index (χ4v) is 5.07. The molecule has 1 saturated carbocycles. The number of carbonyl (C=O) groups excluding carboxylic acids is 2. The molecule has 3 fully saturated rings. The Kier molecular flexibility index (Phi) is 16.3. The van der Waals surface area contributed by atoms with Crippen LogP contribution in [-0.2, 0) is 39.6 Å². The first-order valence-corrected chi connectivity index (χ1v) is 15.4. The lowest BCUT2D eigenvalue weighted by Gasteiger charge is -2.49. The molecule has 0 aromatic carbocycles. The number of ether oxygens (including phenoxy) is 4. The maximum absolute atomic E-state index is 12.6. The first-order chi connectivity index (χ1) is 21.5. The molecule has 1 aliphatic carbocycles. The van der Waals surface area contributed by atoms with Crippen molar-refractivity contribution in [2.45, 2.75) is 118 Å². The van der Waals surface area contributed by atoms with Crippen molar-refractivity contribution in [3.8, 4) is 0 Å². The van der Waals surface area contributed by atoms with E-state index in [9.17, 15) is 59.2 Å². The van der Waals surface area contributed by atoms with Gasteiger partial charge in [-0.1, -0.05) is 0 Å². The number of hydrogen-bond donors (Lipinski definition) is 13. The monoisotopic (exact) mass is 692 g/mol. The summed E-state index contributed by atoms with van der Waals surface area (Å²) in [6.07, 6.45) is -19.8. The third-order valence-corrected chi connectivity index (χ3v) is 8.21. The van der Waals surface area contributed by atoms with Gasteiger partial charge in [-0.15, -0.1) is 0 Å². The zero-order valence-electron chi connectivity index (χ0n) is 24.8. The molecule has 0 spiro atoms. The normalized spacial score (nSPS) is 42.7. The Morgan fingerprint density at radius 1 is 0.913 bits per heavy atom. The van der Waals surface area contributed by atoms with Crippen molar-refractivity contribution < 1.29 is 78.2 Å². The van der Waals surface area contributed by atoms with Gasteiger partial charge < -0.3 is 92.6 Å². The topological polar surface area (TPSA) is 389 Å². The molecule has 1 unspecified atom stereocenters. The maximum atomic E-state index is 12.6. The molecule has 2 aliphatic heterocycles. The summed E-state index contributed by atoms with van der Waals surface area (Å²) in [4.78, 5) is 22.1. The van der Waals surface area contributed by atoms with Crippen LogP contribution in [0.3, 0.4) is 0 Å². The largest absolute Gasteiger partial charge is 0.766 e. The number of rotatable bonds is 10. The molecule has 3 aliphatic rings. The van der Waals surface area contributed by atoms with Crippen molar-refractivity contribution in [3.63, 3.8) is 0 Å². The number of amides is 1. The summed E-state index contributed by atoms with van der Waals surface area (Å²) in [5.74, 6) is -0.845. The van der Waals surface area contributed by atoms with Crippen molar-refractivity contribution >= 4 is 22.1 Å². The Balaban J connectivity index is 0.00000112. The van der Waals surface area contributed by atoms with Gasteiger partial charge in [0.15, 0.2) is 12.6 Å². The van der Waals surface area contributed by atoms with Gasteiger partial charge in [-0.05, 0) is 19.4 Å². The summed E-state index contributed by atoms with van der Waals surface area (Å²) in [6.45, 7) is 0.0908. The standard InChI is InChI=1S/C22H43N5O13.C2H4O3S/c23-2-1-8(29)20(36)27-7-3-6(25)18(39-22-16(34)15(33)13(31)9(4-24)37-22)17(35)19(7)40-21-14(32)11(26)12(30)10(5-28)38-21;1-2(3)6(4)5/h6-19,21-22,28-35H,1-5,23-26H2,(H,27,36);1H3,(H,4,5)/p-1/t6-,7+,8-,9+,10+,11-,12+,13+,14+,15-,16+,17-,18+,19-,21+,22+;/m0./s1. The molecular weight excluding hydrogens is 646 g/mol. The first-order valence-electron chi connectivity index (χ1n) is 14.3. The number of carbonyl (C=O) groups is 2. The van der Waals surface area contributed by atoms with E-state index in [2.05, 4.69) is 5.32 Å². The van der Waals surface area contributed by atoms with Gasteiger partial charge in [-0.3, -0.25) is 13.8 Å². The van der Waals surface area contributed by atoms with Gasteiger partial charge in [0, 0.05) is 30.6 Å². The lowest BCUT2D eigenvalue weighted by Crippen LogP contribution is -2.69. The summed E-state index contributed by atoms with van der Waals surface area (Å²) in [6, 6.07) is -3.45. The quantitative estimate of drug-likeness (QED) is 0.0945. The highest BCUT2D eigenvalue weighted by atomic mass is 32.2. The number of nitrogens with one attached hydrogen (secondary N) is 1. The van der Waals surface area contributed by atoms with Gasteiger partial charge in [-0.2, -0.15) is 0 Å². The molecule has 0 aromatic rings. The molecule has 270 valence electrons. The zero-order valence-corrected chi connectivity index (χ0v) is 25.7. The first kappa shape index (κ1) is 40.8. The summed E-state index contributed by atoms with van der Waals surface area (Å²) in [5.41, 5.74) is 23.1. The molecule has 1 amide bonds. The van der Waals surface area contributed by atoms with E-state index in [1.54, 1.807) is 0 Å². The van der Waals surface area contributed by atoms with E-state index in [-0.39, 0.29) is 25.9 Å². The Morgan fingerprint density at radius 3 is 1.98 bits per heavy atom. The second-order valence-corrected chi connectivity index (χ2v) is 12.1. The van der Waals surface area contributed by atoms with E-state index in [0.29, 0.717) is 0 Å². The number of aliphatic hydroxyl groups excluding tert-OH is 8. The van der Waals surface area contributed by atoms with Crippen molar-refractivity contribution in [3.05, 3.63) is 0 Å². The molecule has 22 heteroatoms. The predicted octanol–water partition coefficient (Wildman–Crippen LogP) is -9.01. The second kappa shape index (κ2) is 18.4. The molecule has 2 heterocycles. The van der Waals surface area contributed by atoms with Crippen molar-refractivity contribution in [2.24, 2.45) is 22.9 Å². The lowest BCUT2D eigenvalue weighted by molar-refractivity contribution is -0.332. The van der Waals surface area contributed by atoms with Crippen LogP contribution in [0.1, 0.15) is 19.8 Å². The summed E-state index contributed by atoms with van der Waals surface area (Å²) >= 11 is -2.51. The van der Waals surface area contributed by atoms with Gasteiger partial charge in [0.25, 0.3) is 0 Å². The van der Waals surface area contributed by atoms with Gasteiger partial charge in [0.2, 0.25) is 11.0 Å². The maximum Gasteiger partial charge on any atom is 0.249 e. The zero-order chi connectivity index (χ0) is 35.0. The average Bonchev–Trinajstić information content (AvgIpc) is 3.01. The van der Waals surface area contributed by atoms with Crippen LogP contribution in [-0.4, -0.2) is 178 Å². The van der Waals surface area contributed by atoms with Crippen LogP contribution in [0.15, 0.2) is 0 Å². The molecule has 17 N–H and O–H groups in total. The Bertz CT molecular complexity index is 990. The van der Waals surface area contributed by atoms with Gasteiger partial charge in [0.1, 0.15) is 67.1 Å². The summed E-state index contributed by atoms with van der Waals surface area (Å²) in [5, 5.41) is 84.0. The molecule has 0 aromatic heterocycles. The third-order valence-electron chi connectivity index (χ3n) is 7.74. The molecular formula is C24H46N5O16S-.